The largest absolute Gasteiger partial charge is 0.394 e. The van der Waals surface area contributed by atoms with Gasteiger partial charge in [0.1, 0.15) is 11.5 Å². The van der Waals surface area contributed by atoms with Crippen LogP contribution in [0.25, 0.3) is 16.9 Å². The summed E-state index contributed by atoms with van der Waals surface area (Å²) in [6.45, 7) is 4.29. The van der Waals surface area contributed by atoms with Crippen LogP contribution in [-0.2, 0) is 11.3 Å². The molecule has 0 atom stereocenters. The van der Waals surface area contributed by atoms with Gasteiger partial charge in [-0.25, -0.2) is 9.97 Å². The summed E-state index contributed by atoms with van der Waals surface area (Å²) in [6, 6.07) is 1.83. The van der Waals surface area contributed by atoms with Crippen LogP contribution in [0.15, 0.2) is 37.1 Å². The Hall–Kier alpha value is -4.23. The minimum absolute atomic E-state index is 0.00742. The molecule has 0 saturated carbocycles. The average Bonchev–Trinajstić information content (AvgIpc) is 3.33. The van der Waals surface area contributed by atoms with E-state index in [1.54, 1.807) is 29.5 Å². The van der Waals surface area contributed by atoms with Gasteiger partial charge < -0.3 is 15.7 Å². The van der Waals surface area contributed by atoms with Crippen molar-refractivity contribution >= 4 is 34.3 Å². The van der Waals surface area contributed by atoms with Crippen LogP contribution in [0.3, 0.4) is 0 Å². The Morgan fingerprint density at radius 3 is 2.77 bits per heavy atom. The Labute approximate surface area is 178 Å². The van der Waals surface area contributed by atoms with E-state index in [1.165, 1.54) is 0 Å². The SMILES string of the molecule is C#CC(=O)Nc1cnc2c(c1)c(C)cn2-c1nc(Nc2cnn(CCO)c2)ncc1C. The number of hydrogen-bond donors (Lipinski definition) is 3. The first-order valence-corrected chi connectivity index (χ1v) is 9.48. The molecule has 0 aromatic carbocycles. The molecule has 31 heavy (non-hydrogen) atoms. The molecule has 4 aromatic rings. The number of carbonyl (C=O) groups excluding carboxylic acids is 1. The number of aromatic nitrogens is 6. The van der Waals surface area contributed by atoms with Gasteiger partial charge in [0.05, 0.1) is 36.9 Å². The van der Waals surface area contributed by atoms with E-state index in [-0.39, 0.29) is 6.61 Å². The van der Waals surface area contributed by atoms with E-state index in [4.69, 9.17) is 11.5 Å². The second-order valence-corrected chi connectivity index (χ2v) is 6.92. The first-order valence-electron chi connectivity index (χ1n) is 9.48. The van der Waals surface area contributed by atoms with Gasteiger partial charge in [-0.3, -0.25) is 14.0 Å². The molecule has 0 aliphatic rings. The number of nitrogens with zero attached hydrogens (tertiary/aromatic N) is 6. The maximum atomic E-state index is 11.5. The van der Waals surface area contributed by atoms with Gasteiger partial charge in [0.2, 0.25) is 5.95 Å². The third kappa shape index (κ3) is 4.08. The van der Waals surface area contributed by atoms with E-state index in [2.05, 4.69) is 30.7 Å². The summed E-state index contributed by atoms with van der Waals surface area (Å²) in [4.78, 5) is 25.0. The molecule has 10 heteroatoms. The molecule has 0 aliphatic carbocycles. The van der Waals surface area contributed by atoms with E-state index in [0.29, 0.717) is 35.3 Å². The Kier molecular flexibility index (Phi) is 5.34. The molecule has 0 bridgehead atoms. The van der Waals surface area contributed by atoms with Crippen molar-refractivity contribution in [3.8, 4) is 18.2 Å². The van der Waals surface area contributed by atoms with Gasteiger partial charge in [0.25, 0.3) is 5.91 Å². The van der Waals surface area contributed by atoms with Crippen molar-refractivity contribution in [2.75, 3.05) is 17.2 Å². The molecule has 0 aliphatic heterocycles. The number of hydrogen-bond acceptors (Lipinski definition) is 7. The highest BCUT2D eigenvalue weighted by atomic mass is 16.3. The fourth-order valence-corrected chi connectivity index (χ4v) is 3.18. The van der Waals surface area contributed by atoms with E-state index in [1.807, 2.05) is 36.6 Å². The number of aryl methyl sites for hydroxylation is 2. The lowest BCUT2D eigenvalue weighted by molar-refractivity contribution is -0.111. The molecule has 3 N–H and O–H groups in total. The van der Waals surface area contributed by atoms with Crippen molar-refractivity contribution in [2.24, 2.45) is 0 Å². The summed E-state index contributed by atoms with van der Waals surface area (Å²) in [7, 11) is 0. The Bertz CT molecular complexity index is 1310. The smallest absolute Gasteiger partial charge is 0.300 e. The number of fused-ring (bicyclic) bond motifs is 1. The summed E-state index contributed by atoms with van der Waals surface area (Å²) >= 11 is 0. The highest BCUT2D eigenvalue weighted by Gasteiger charge is 2.14. The van der Waals surface area contributed by atoms with Crippen molar-refractivity contribution in [3.05, 3.63) is 48.2 Å². The van der Waals surface area contributed by atoms with Crippen LogP contribution in [-0.4, -0.2) is 46.9 Å². The molecule has 4 heterocycles. The summed E-state index contributed by atoms with van der Waals surface area (Å²) < 4.78 is 3.51. The van der Waals surface area contributed by atoms with Crippen LogP contribution in [0.4, 0.5) is 17.3 Å². The molecule has 0 spiro atoms. The predicted molar refractivity (Wildman–Crippen MR) is 116 cm³/mol. The fraction of sp³-hybridized carbons (Fsp3) is 0.190. The lowest BCUT2D eigenvalue weighted by atomic mass is 10.2. The van der Waals surface area contributed by atoms with Crippen LogP contribution in [0.2, 0.25) is 0 Å². The van der Waals surface area contributed by atoms with Crippen molar-refractivity contribution in [2.45, 2.75) is 20.4 Å². The normalized spacial score (nSPS) is 10.8. The highest BCUT2D eigenvalue weighted by molar-refractivity contribution is 6.04. The molecule has 156 valence electrons. The molecular formula is C21H20N8O2. The fourth-order valence-electron chi connectivity index (χ4n) is 3.18. The average molecular weight is 416 g/mol. The zero-order valence-corrected chi connectivity index (χ0v) is 17.0. The van der Waals surface area contributed by atoms with Crippen LogP contribution in [0.5, 0.6) is 0 Å². The summed E-state index contributed by atoms with van der Waals surface area (Å²) in [6.07, 6.45) is 13.7. The van der Waals surface area contributed by atoms with Gasteiger partial charge in [-0.1, -0.05) is 0 Å². The second-order valence-electron chi connectivity index (χ2n) is 6.92. The maximum Gasteiger partial charge on any atom is 0.300 e. The number of aliphatic hydroxyl groups is 1. The van der Waals surface area contributed by atoms with E-state index < -0.39 is 5.91 Å². The van der Waals surface area contributed by atoms with E-state index >= 15 is 0 Å². The quantitative estimate of drug-likeness (QED) is 0.411. The number of rotatable bonds is 6. The Morgan fingerprint density at radius 2 is 2.00 bits per heavy atom. The standard InChI is InChI=1S/C21H20N8O2/c1-4-18(31)25-15-7-17-14(3)11-29(20(17)22-9-15)19-13(2)8-23-21(27-19)26-16-10-24-28(12-16)5-6-30/h1,7-12,30H,5-6H2,2-3H3,(H,25,31)(H,23,26,27). The predicted octanol–water partition coefficient (Wildman–Crippen LogP) is 1.94. The van der Waals surface area contributed by atoms with Gasteiger partial charge in [-0.05, 0) is 31.4 Å². The van der Waals surface area contributed by atoms with Gasteiger partial charge in [0.15, 0.2) is 0 Å². The number of anilines is 3. The molecule has 1 amide bonds. The van der Waals surface area contributed by atoms with E-state index in [9.17, 15) is 4.79 Å². The molecular weight excluding hydrogens is 396 g/mol. The molecule has 4 aromatic heterocycles. The molecule has 10 nitrogen and oxygen atoms in total. The third-order valence-electron chi connectivity index (χ3n) is 4.62. The first kappa shape index (κ1) is 20.1. The van der Waals surface area contributed by atoms with Gasteiger partial charge >= 0.3 is 0 Å². The molecule has 0 unspecified atom stereocenters. The minimum Gasteiger partial charge on any atom is -0.394 e. The monoisotopic (exact) mass is 416 g/mol. The molecule has 0 radical (unpaired) electrons. The molecule has 0 saturated heterocycles. The Balaban J connectivity index is 1.69. The lowest BCUT2D eigenvalue weighted by Gasteiger charge is -2.10. The zero-order chi connectivity index (χ0) is 22.0. The molecule has 4 rings (SSSR count). The second kappa shape index (κ2) is 8.25. The van der Waals surface area contributed by atoms with Crippen LogP contribution in [0.1, 0.15) is 11.1 Å². The van der Waals surface area contributed by atoms with Gasteiger partial charge in [-0.15, -0.1) is 6.42 Å². The maximum absolute atomic E-state index is 11.5. The van der Waals surface area contributed by atoms with Gasteiger partial charge in [-0.2, -0.15) is 10.1 Å². The van der Waals surface area contributed by atoms with E-state index in [0.717, 1.165) is 16.5 Å². The third-order valence-corrected chi connectivity index (χ3v) is 4.62. The number of terminal acetylenes is 1. The number of nitrogens with one attached hydrogen (secondary N) is 2. The summed E-state index contributed by atoms with van der Waals surface area (Å²) in [5.74, 6) is 2.58. The lowest BCUT2D eigenvalue weighted by Crippen LogP contribution is -2.08. The number of aliphatic hydroxyl groups excluding tert-OH is 1. The van der Waals surface area contributed by atoms with Crippen molar-refractivity contribution < 1.29 is 9.90 Å². The minimum atomic E-state index is -0.525. The Morgan fingerprint density at radius 1 is 1.16 bits per heavy atom. The highest BCUT2D eigenvalue weighted by Crippen LogP contribution is 2.26. The van der Waals surface area contributed by atoms with Crippen LogP contribution in [0, 0.1) is 26.2 Å². The van der Waals surface area contributed by atoms with Crippen molar-refractivity contribution in [3.63, 3.8) is 0 Å². The molecule has 0 fully saturated rings. The summed E-state index contributed by atoms with van der Waals surface area (Å²) in [5, 5.41) is 19.8. The zero-order valence-electron chi connectivity index (χ0n) is 17.0. The number of pyridine rings is 1. The number of carbonyl (C=O) groups is 1. The van der Waals surface area contributed by atoms with Crippen LogP contribution >= 0.6 is 0 Å². The topological polar surface area (TPSA) is 123 Å². The summed E-state index contributed by atoms with van der Waals surface area (Å²) in [5.41, 5.74) is 3.77. The van der Waals surface area contributed by atoms with Crippen LogP contribution < -0.4 is 10.6 Å². The number of amides is 1. The van der Waals surface area contributed by atoms with Gasteiger partial charge in [0, 0.05) is 29.5 Å². The van der Waals surface area contributed by atoms with Crippen molar-refractivity contribution in [1.29, 1.82) is 0 Å². The van der Waals surface area contributed by atoms with Crippen molar-refractivity contribution in [1.82, 2.24) is 29.3 Å². The first-order chi connectivity index (χ1) is 15.0.